The number of nitrogens with one attached hydrogen (secondary N) is 1. The predicted octanol–water partition coefficient (Wildman–Crippen LogP) is 4.83. The van der Waals surface area contributed by atoms with Crippen LogP contribution in [0.1, 0.15) is 17.5 Å². The number of aromatic nitrogens is 2. The molecule has 25 heavy (non-hydrogen) atoms. The van der Waals surface area contributed by atoms with Crippen LogP contribution in [-0.2, 0) is 13.0 Å². The summed E-state index contributed by atoms with van der Waals surface area (Å²) < 4.78 is 0. The van der Waals surface area contributed by atoms with Gasteiger partial charge < -0.3 is 10.2 Å². The van der Waals surface area contributed by atoms with E-state index >= 15 is 0 Å². The number of halogens is 1. The molecule has 0 aliphatic carbocycles. The summed E-state index contributed by atoms with van der Waals surface area (Å²) in [6, 6.07) is 18.2. The second kappa shape index (κ2) is 7.11. The Morgan fingerprint density at radius 1 is 1.04 bits per heavy atom. The summed E-state index contributed by atoms with van der Waals surface area (Å²) in [6.45, 7) is 1.57. The summed E-state index contributed by atoms with van der Waals surface area (Å²) >= 11 is 6.22. The van der Waals surface area contributed by atoms with Gasteiger partial charge in [0.25, 0.3) is 0 Å². The highest BCUT2D eigenvalue weighted by Crippen LogP contribution is 2.31. The minimum atomic E-state index is 0.632. The normalized spacial score (nSPS) is 13.4. The maximum Gasteiger partial charge on any atom is 0.231 e. The van der Waals surface area contributed by atoms with E-state index in [-0.39, 0.29) is 0 Å². The van der Waals surface area contributed by atoms with Gasteiger partial charge in [0.15, 0.2) is 0 Å². The van der Waals surface area contributed by atoms with E-state index in [2.05, 4.69) is 39.5 Å². The molecule has 0 spiro atoms. The van der Waals surface area contributed by atoms with Gasteiger partial charge in [0.1, 0.15) is 5.82 Å². The van der Waals surface area contributed by atoms with Gasteiger partial charge in [-0.05, 0) is 42.2 Å². The number of hydrogen-bond acceptors (Lipinski definition) is 4. The smallest absolute Gasteiger partial charge is 0.231 e. The highest BCUT2D eigenvalue weighted by atomic mass is 35.5. The van der Waals surface area contributed by atoms with Gasteiger partial charge in [-0.3, -0.25) is 0 Å². The summed E-state index contributed by atoms with van der Waals surface area (Å²) in [5.74, 6) is 1.53. The Balaban J connectivity index is 1.55. The molecule has 0 atom stereocenters. The van der Waals surface area contributed by atoms with Crippen molar-refractivity contribution in [1.29, 1.82) is 0 Å². The van der Waals surface area contributed by atoms with Crippen molar-refractivity contribution in [2.24, 2.45) is 0 Å². The monoisotopic (exact) mass is 350 g/mol. The molecule has 0 fully saturated rings. The lowest BCUT2D eigenvalue weighted by Crippen LogP contribution is -2.26. The zero-order valence-electron chi connectivity index (χ0n) is 13.8. The van der Waals surface area contributed by atoms with Crippen LogP contribution in [0.3, 0.4) is 0 Å². The average Bonchev–Trinajstić information content (AvgIpc) is 2.67. The second-order valence-corrected chi connectivity index (χ2v) is 6.48. The number of rotatable bonds is 4. The molecule has 4 nitrogen and oxygen atoms in total. The maximum absolute atomic E-state index is 6.22. The van der Waals surface area contributed by atoms with Gasteiger partial charge in [0.05, 0.1) is 0 Å². The molecule has 0 radical (unpaired) electrons. The highest BCUT2D eigenvalue weighted by molar-refractivity contribution is 6.31. The predicted molar refractivity (Wildman–Crippen MR) is 103 cm³/mol. The molecule has 0 unspecified atom stereocenters. The van der Waals surface area contributed by atoms with E-state index < -0.39 is 0 Å². The minimum absolute atomic E-state index is 0.632. The van der Waals surface area contributed by atoms with Crippen molar-refractivity contribution in [1.82, 2.24) is 9.97 Å². The molecule has 2 aromatic carbocycles. The van der Waals surface area contributed by atoms with Gasteiger partial charge in [0.2, 0.25) is 5.95 Å². The number of anilines is 3. The van der Waals surface area contributed by atoms with Crippen LogP contribution in [0.5, 0.6) is 0 Å². The molecule has 5 heteroatoms. The molecule has 126 valence electrons. The Bertz CT molecular complexity index is 881. The van der Waals surface area contributed by atoms with Crippen LogP contribution >= 0.6 is 11.6 Å². The number of benzene rings is 2. The molecule has 3 aromatic rings. The highest BCUT2D eigenvalue weighted by Gasteiger charge is 2.19. The van der Waals surface area contributed by atoms with Crippen molar-refractivity contribution in [3.8, 4) is 0 Å². The van der Waals surface area contributed by atoms with Crippen molar-refractivity contribution in [2.45, 2.75) is 19.4 Å². The van der Waals surface area contributed by atoms with E-state index in [1.807, 2.05) is 30.3 Å². The third-order valence-electron chi connectivity index (χ3n) is 4.41. The van der Waals surface area contributed by atoms with Crippen molar-refractivity contribution < 1.29 is 0 Å². The standard InChI is InChI=1S/C20H19ClN4/c21-17-9-3-1-7-16(17)14-23-19-11-12-22-20(24-19)25-13-5-8-15-6-2-4-10-18(15)25/h1-4,6-7,9-12H,5,8,13-14H2,(H,22,23,24). The number of para-hydroxylation sites is 1. The number of nitrogens with zero attached hydrogens (tertiary/aromatic N) is 3. The maximum atomic E-state index is 6.22. The minimum Gasteiger partial charge on any atom is -0.366 e. The van der Waals surface area contributed by atoms with E-state index in [9.17, 15) is 0 Å². The largest absolute Gasteiger partial charge is 0.366 e. The lowest BCUT2D eigenvalue weighted by Gasteiger charge is -2.29. The van der Waals surface area contributed by atoms with Gasteiger partial charge in [-0.15, -0.1) is 0 Å². The summed E-state index contributed by atoms with van der Waals surface area (Å²) in [5, 5.41) is 4.10. The first-order chi connectivity index (χ1) is 12.3. The summed E-state index contributed by atoms with van der Waals surface area (Å²) in [6.07, 6.45) is 4.02. The first-order valence-electron chi connectivity index (χ1n) is 8.47. The zero-order chi connectivity index (χ0) is 17.1. The van der Waals surface area contributed by atoms with Gasteiger partial charge in [-0.1, -0.05) is 48.0 Å². The Kier molecular flexibility index (Phi) is 4.53. The topological polar surface area (TPSA) is 41.1 Å². The summed E-state index contributed by atoms with van der Waals surface area (Å²) in [7, 11) is 0. The molecule has 0 saturated heterocycles. The van der Waals surface area contributed by atoms with E-state index in [4.69, 9.17) is 16.6 Å². The van der Waals surface area contributed by atoms with E-state index in [1.54, 1.807) is 6.20 Å². The number of fused-ring (bicyclic) bond motifs is 1. The van der Waals surface area contributed by atoms with Crippen molar-refractivity contribution in [3.63, 3.8) is 0 Å². The van der Waals surface area contributed by atoms with Crippen molar-refractivity contribution in [2.75, 3.05) is 16.8 Å². The lowest BCUT2D eigenvalue weighted by molar-refractivity contribution is 0.750. The Labute approximate surface area is 152 Å². The lowest BCUT2D eigenvalue weighted by atomic mass is 10.0. The fourth-order valence-corrected chi connectivity index (χ4v) is 3.35. The molecule has 4 rings (SSSR count). The first-order valence-corrected chi connectivity index (χ1v) is 8.85. The van der Waals surface area contributed by atoms with Crippen LogP contribution in [0.15, 0.2) is 60.8 Å². The van der Waals surface area contributed by atoms with Gasteiger partial charge in [-0.2, -0.15) is 4.98 Å². The molecule has 1 aromatic heterocycles. The van der Waals surface area contributed by atoms with Gasteiger partial charge in [-0.25, -0.2) is 4.98 Å². The molecule has 2 heterocycles. The van der Waals surface area contributed by atoms with Crippen LogP contribution in [0.4, 0.5) is 17.5 Å². The second-order valence-electron chi connectivity index (χ2n) is 6.07. The molecule has 1 aliphatic rings. The van der Waals surface area contributed by atoms with Crippen LogP contribution in [0.25, 0.3) is 0 Å². The molecule has 1 aliphatic heterocycles. The van der Waals surface area contributed by atoms with E-state index in [0.717, 1.165) is 41.7 Å². The quantitative estimate of drug-likeness (QED) is 0.732. The molecular formula is C20H19ClN4. The molecule has 0 bridgehead atoms. The number of hydrogen-bond donors (Lipinski definition) is 1. The zero-order valence-corrected chi connectivity index (χ0v) is 14.6. The van der Waals surface area contributed by atoms with Crippen LogP contribution in [0, 0.1) is 0 Å². The van der Waals surface area contributed by atoms with Crippen molar-refractivity contribution >= 4 is 29.1 Å². The Morgan fingerprint density at radius 2 is 1.88 bits per heavy atom. The summed E-state index contributed by atoms with van der Waals surface area (Å²) in [5.41, 5.74) is 3.61. The molecule has 0 saturated carbocycles. The molecule has 1 N–H and O–H groups in total. The summed E-state index contributed by atoms with van der Waals surface area (Å²) in [4.78, 5) is 11.4. The SMILES string of the molecule is Clc1ccccc1CNc1ccnc(N2CCCc3ccccc32)n1. The van der Waals surface area contributed by atoms with Crippen LogP contribution < -0.4 is 10.2 Å². The third kappa shape index (κ3) is 3.44. The van der Waals surface area contributed by atoms with Crippen molar-refractivity contribution in [3.05, 3.63) is 76.9 Å². The van der Waals surface area contributed by atoms with Gasteiger partial charge >= 0.3 is 0 Å². The third-order valence-corrected chi connectivity index (χ3v) is 4.78. The van der Waals surface area contributed by atoms with E-state index in [0.29, 0.717) is 6.54 Å². The molecule has 0 amide bonds. The number of aryl methyl sites for hydroxylation is 1. The first kappa shape index (κ1) is 15.9. The fourth-order valence-electron chi connectivity index (χ4n) is 3.15. The fraction of sp³-hybridized carbons (Fsp3) is 0.200. The van der Waals surface area contributed by atoms with E-state index in [1.165, 1.54) is 11.3 Å². The Hall–Kier alpha value is -2.59. The Morgan fingerprint density at radius 3 is 2.80 bits per heavy atom. The molecular weight excluding hydrogens is 332 g/mol. The van der Waals surface area contributed by atoms with Crippen LogP contribution in [0.2, 0.25) is 5.02 Å². The van der Waals surface area contributed by atoms with Crippen LogP contribution in [-0.4, -0.2) is 16.5 Å². The average molecular weight is 351 g/mol. The van der Waals surface area contributed by atoms with Gasteiger partial charge in [0, 0.05) is 30.0 Å².